The Kier molecular flexibility index (Phi) is 23.1. The van der Waals surface area contributed by atoms with Crippen LogP contribution in [-0.2, 0) is 26.3 Å². The van der Waals surface area contributed by atoms with Crippen LogP contribution in [0.5, 0.6) is 5.75 Å². The first kappa shape index (κ1) is 48.6. The number of thioether (sulfide) groups is 1. The summed E-state index contributed by atoms with van der Waals surface area (Å²) in [5.41, 5.74) is -1.96. The second-order valence-electron chi connectivity index (χ2n) is 9.87. The standard InChI is InChI=1S/C27H31BrF2O7P2S.4Na.4H/c1-17(2)12-18(3)37-25-11-9-22(14-26(25)38(31,32)33)21-7-4-19(5-8-21)15-40-16-20-6-10-23(24(28)13-20)27(29,30)39(34,35)36;;;;;;;;/h4-11,13-14,17-18H,12,15-16H2,1-3H3,(H2,31,32,33)(H2,34,35,36);;;;;;;;. The summed E-state index contributed by atoms with van der Waals surface area (Å²) in [6, 6.07) is 16.2. The number of alkyl halides is 2. The Morgan fingerprint density at radius 1 is 0.818 bits per heavy atom. The van der Waals surface area contributed by atoms with Crippen molar-refractivity contribution in [2.45, 2.75) is 50.5 Å². The maximum atomic E-state index is 14.0. The molecule has 0 aliphatic rings. The van der Waals surface area contributed by atoms with Gasteiger partial charge in [0.25, 0.3) is 0 Å². The fraction of sp³-hybridized carbons (Fsp3) is 0.333. The molecule has 0 radical (unpaired) electrons. The Morgan fingerprint density at radius 3 is 1.84 bits per heavy atom. The Balaban J connectivity index is 0. The van der Waals surface area contributed by atoms with E-state index < -0.39 is 26.4 Å². The van der Waals surface area contributed by atoms with Crippen LogP contribution in [0.15, 0.2) is 65.1 Å². The molecule has 0 amide bonds. The van der Waals surface area contributed by atoms with Crippen molar-refractivity contribution in [1.29, 1.82) is 0 Å². The van der Waals surface area contributed by atoms with E-state index in [4.69, 9.17) is 14.5 Å². The third kappa shape index (κ3) is 14.0. The topological polar surface area (TPSA) is 124 Å². The zero-order chi connectivity index (χ0) is 29.9. The first-order valence-electron chi connectivity index (χ1n) is 12.2. The molecule has 0 fully saturated rings. The zero-order valence-corrected chi connectivity index (χ0v) is 26.2. The number of hydrogen-bond donors (Lipinski definition) is 4. The molecule has 0 saturated carbocycles. The van der Waals surface area contributed by atoms with E-state index in [2.05, 4.69) is 15.9 Å². The number of rotatable bonds is 12. The van der Waals surface area contributed by atoms with Gasteiger partial charge in [-0.05, 0) is 59.7 Å². The van der Waals surface area contributed by atoms with E-state index in [1.165, 1.54) is 30.0 Å². The molecule has 4 N–H and O–H groups in total. The van der Waals surface area contributed by atoms with E-state index >= 15 is 0 Å². The fourth-order valence-electron chi connectivity index (χ4n) is 4.08. The Bertz CT molecular complexity index is 1440. The van der Waals surface area contributed by atoms with Crippen molar-refractivity contribution in [3.63, 3.8) is 0 Å². The second kappa shape index (κ2) is 21.0. The van der Waals surface area contributed by atoms with Crippen LogP contribution in [0.3, 0.4) is 0 Å². The van der Waals surface area contributed by atoms with Crippen LogP contribution in [-0.4, -0.2) is 144 Å². The molecule has 0 aliphatic carbocycles. The normalized spacial score (nSPS) is 12.2. The summed E-state index contributed by atoms with van der Waals surface area (Å²) in [4.78, 5) is 37.8. The molecule has 3 aromatic carbocycles. The van der Waals surface area contributed by atoms with Gasteiger partial charge in [0.1, 0.15) is 11.1 Å². The van der Waals surface area contributed by atoms with E-state index in [0.717, 1.165) is 23.6 Å². The van der Waals surface area contributed by atoms with Gasteiger partial charge in [0.05, 0.1) is 6.10 Å². The van der Waals surface area contributed by atoms with Gasteiger partial charge in [0, 0.05) is 21.5 Å². The molecule has 17 heteroatoms. The van der Waals surface area contributed by atoms with Crippen LogP contribution in [0.25, 0.3) is 11.1 Å². The molecule has 7 nitrogen and oxygen atoms in total. The predicted molar refractivity (Wildman–Crippen MR) is 187 cm³/mol. The molecule has 3 aromatic rings. The van der Waals surface area contributed by atoms with Crippen molar-refractivity contribution in [2.75, 3.05) is 0 Å². The first-order valence-corrected chi connectivity index (χ1v) is 17.4. The average Bonchev–Trinajstić information content (AvgIpc) is 2.83. The van der Waals surface area contributed by atoms with Crippen LogP contribution in [0.2, 0.25) is 0 Å². The molecule has 1 atom stereocenters. The molecule has 0 heterocycles. The predicted octanol–water partition coefficient (Wildman–Crippen LogP) is 4.80. The summed E-state index contributed by atoms with van der Waals surface area (Å²) >= 11 is 4.52. The van der Waals surface area contributed by atoms with Gasteiger partial charge in [-0.15, -0.1) is 0 Å². The van der Waals surface area contributed by atoms with Crippen molar-refractivity contribution in [1.82, 2.24) is 0 Å². The van der Waals surface area contributed by atoms with Crippen molar-refractivity contribution in [2.24, 2.45) is 5.92 Å². The van der Waals surface area contributed by atoms with Crippen LogP contribution in [0.1, 0.15) is 43.9 Å². The van der Waals surface area contributed by atoms with Crippen LogP contribution in [0, 0.1) is 5.92 Å². The molecule has 3 rings (SSSR count). The van der Waals surface area contributed by atoms with E-state index in [9.17, 15) is 27.7 Å². The average molecular weight is 775 g/mol. The molecular formula is C27H35BrF2Na4O7P2S. The van der Waals surface area contributed by atoms with Gasteiger partial charge in [0.15, 0.2) is 0 Å². The SMILES string of the molecule is CC(C)CC(C)Oc1ccc(-c2ccc(CSCc3ccc(C(F)(F)P(=O)(O)O)c(Br)c3)cc2)cc1P(=O)(O)O.[NaH].[NaH].[NaH].[NaH]. The summed E-state index contributed by atoms with van der Waals surface area (Å²) in [6.45, 7) is 5.97. The van der Waals surface area contributed by atoms with Gasteiger partial charge >= 0.3 is 139 Å². The Hall–Kier alpha value is 2.45. The van der Waals surface area contributed by atoms with Crippen molar-refractivity contribution in [3.05, 3.63) is 81.8 Å². The third-order valence-corrected chi connectivity index (χ3v) is 9.63. The van der Waals surface area contributed by atoms with Crippen LogP contribution in [0.4, 0.5) is 8.78 Å². The number of hydrogen-bond acceptors (Lipinski definition) is 4. The number of benzene rings is 3. The van der Waals surface area contributed by atoms with Crippen LogP contribution >= 0.6 is 42.9 Å². The molecule has 226 valence electrons. The summed E-state index contributed by atoms with van der Waals surface area (Å²) in [5, 5.41) is -0.157. The molecule has 0 aliphatic heterocycles. The van der Waals surface area contributed by atoms with Gasteiger partial charge in [-0.1, -0.05) is 72.2 Å². The van der Waals surface area contributed by atoms with E-state index in [1.807, 2.05) is 45.0 Å². The summed E-state index contributed by atoms with van der Waals surface area (Å²) in [6.07, 6.45) is 0.546. The van der Waals surface area contributed by atoms with Gasteiger partial charge < -0.3 is 24.3 Å². The zero-order valence-electron chi connectivity index (χ0n) is 22.0. The molecule has 44 heavy (non-hydrogen) atoms. The van der Waals surface area contributed by atoms with E-state index in [1.54, 1.807) is 12.1 Å². The Morgan fingerprint density at radius 2 is 1.34 bits per heavy atom. The minimum absolute atomic E-state index is 0. The molecule has 1 unspecified atom stereocenters. The second-order valence-corrected chi connectivity index (χ2v) is 14.9. The van der Waals surface area contributed by atoms with Gasteiger partial charge in [-0.25, -0.2) is 0 Å². The first-order chi connectivity index (χ1) is 18.5. The van der Waals surface area contributed by atoms with Gasteiger partial charge in [-0.2, -0.15) is 20.5 Å². The van der Waals surface area contributed by atoms with Crippen molar-refractivity contribution >= 4 is 166 Å². The number of ether oxygens (including phenoxy) is 1. The monoisotopic (exact) mass is 774 g/mol. The van der Waals surface area contributed by atoms with Gasteiger partial charge in [0.2, 0.25) is 0 Å². The van der Waals surface area contributed by atoms with Crippen molar-refractivity contribution < 1.29 is 42.2 Å². The molecule has 0 aromatic heterocycles. The van der Waals surface area contributed by atoms with Gasteiger partial charge in [-0.3, -0.25) is 9.13 Å². The fourth-order valence-corrected chi connectivity index (χ4v) is 7.09. The molecule has 0 saturated heterocycles. The summed E-state index contributed by atoms with van der Waals surface area (Å²) in [5.74, 6) is 1.63. The summed E-state index contributed by atoms with van der Waals surface area (Å²) in [7, 11) is -10.2. The minimum atomic E-state index is -5.66. The molecule has 0 bridgehead atoms. The van der Waals surface area contributed by atoms with E-state index in [0.29, 0.717) is 28.6 Å². The van der Waals surface area contributed by atoms with E-state index in [-0.39, 0.29) is 140 Å². The summed E-state index contributed by atoms with van der Waals surface area (Å²) < 4.78 is 57.2. The maximum absolute atomic E-state index is 14.0. The van der Waals surface area contributed by atoms with Crippen molar-refractivity contribution in [3.8, 4) is 16.9 Å². The number of halogens is 3. The van der Waals surface area contributed by atoms with Crippen LogP contribution < -0.4 is 10.0 Å². The molecule has 0 spiro atoms. The quantitative estimate of drug-likeness (QED) is 0.153. The molecular weight excluding hydrogens is 740 g/mol. The Labute approximate surface area is 358 Å². The third-order valence-electron chi connectivity index (χ3n) is 5.95.